The van der Waals surface area contributed by atoms with Gasteiger partial charge in [-0.15, -0.1) is 0 Å². The first-order valence-electron chi connectivity index (χ1n) is 11.4. The van der Waals surface area contributed by atoms with Crippen LogP contribution in [0.15, 0.2) is 17.0 Å². The molecule has 0 aromatic carbocycles. The number of aromatic nitrogens is 6. The average molecular weight is 476 g/mol. The minimum atomic E-state index is -2.70. The predicted octanol–water partition coefficient (Wildman–Crippen LogP) is 1.90. The Bertz CT molecular complexity index is 1170. The lowest BCUT2D eigenvalue weighted by molar-refractivity contribution is -0.0495. The second-order valence-corrected chi connectivity index (χ2v) is 9.12. The maximum absolute atomic E-state index is 13.8. The number of hydrogen-bond acceptors (Lipinski definition) is 9. The smallest absolute Gasteiger partial charge is 0.276 e. The SMILES string of the molecule is Cc1nonc1C(=O)NC(c1cn2ncc(C3CC(O)CCN3)nc2n1)C1CCC(F)(F)CC1. The molecular formula is C21H26F2N8O3. The van der Waals surface area contributed by atoms with Crippen molar-refractivity contribution in [1.29, 1.82) is 0 Å². The van der Waals surface area contributed by atoms with E-state index in [2.05, 4.69) is 40.6 Å². The van der Waals surface area contributed by atoms with E-state index in [1.807, 2.05) is 0 Å². The first-order valence-corrected chi connectivity index (χ1v) is 11.4. The number of fused-ring (bicyclic) bond motifs is 1. The molecule has 13 heteroatoms. The third kappa shape index (κ3) is 4.62. The molecule has 3 atom stereocenters. The lowest BCUT2D eigenvalue weighted by Gasteiger charge is -2.33. The predicted molar refractivity (Wildman–Crippen MR) is 113 cm³/mol. The van der Waals surface area contributed by atoms with E-state index < -0.39 is 24.0 Å². The number of rotatable bonds is 5. The minimum Gasteiger partial charge on any atom is -0.393 e. The Kier molecular flexibility index (Phi) is 5.98. The molecule has 1 amide bonds. The first kappa shape index (κ1) is 22.7. The van der Waals surface area contributed by atoms with Crippen LogP contribution in [-0.2, 0) is 0 Å². The van der Waals surface area contributed by atoms with Crippen LogP contribution in [0.5, 0.6) is 0 Å². The highest BCUT2D eigenvalue weighted by atomic mass is 19.3. The third-order valence-electron chi connectivity index (χ3n) is 6.67. The number of aliphatic hydroxyl groups is 1. The fraction of sp³-hybridized carbons (Fsp3) is 0.619. The van der Waals surface area contributed by atoms with E-state index in [4.69, 9.17) is 0 Å². The summed E-state index contributed by atoms with van der Waals surface area (Å²) >= 11 is 0. The molecule has 3 aromatic heterocycles. The Morgan fingerprint density at radius 3 is 2.79 bits per heavy atom. The van der Waals surface area contributed by atoms with Crippen molar-refractivity contribution < 1.29 is 23.3 Å². The summed E-state index contributed by atoms with van der Waals surface area (Å²) in [6, 6.07) is -0.776. The molecular weight excluding hydrogens is 450 g/mol. The van der Waals surface area contributed by atoms with Crippen molar-refractivity contribution in [3.8, 4) is 0 Å². The average Bonchev–Trinajstić information content (AvgIpc) is 3.43. The second-order valence-electron chi connectivity index (χ2n) is 9.12. The number of alkyl halides is 2. The van der Waals surface area contributed by atoms with E-state index in [-0.39, 0.29) is 43.3 Å². The van der Waals surface area contributed by atoms with Crippen LogP contribution in [0.3, 0.4) is 0 Å². The van der Waals surface area contributed by atoms with Crippen LogP contribution in [0.2, 0.25) is 0 Å². The number of nitrogens with zero attached hydrogens (tertiary/aromatic N) is 6. The Morgan fingerprint density at radius 2 is 2.09 bits per heavy atom. The van der Waals surface area contributed by atoms with E-state index in [9.17, 15) is 18.7 Å². The molecule has 3 unspecified atom stereocenters. The Morgan fingerprint density at radius 1 is 1.29 bits per heavy atom. The van der Waals surface area contributed by atoms with E-state index in [0.717, 1.165) is 0 Å². The van der Waals surface area contributed by atoms with Gasteiger partial charge in [-0.3, -0.25) is 4.79 Å². The number of carbonyl (C=O) groups excluding carboxylic acids is 1. The quantitative estimate of drug-likeness (QED) is 0.503. The third-order valence-corrected chi connectivity index (χ3v) is 6.67. The van der Waals surface area contributed by atoms with E-state index >= 15 is 0 Å². The molecule has 4 heterocycles. The van der Waals surface area contributed by atoms with Crippen molar-refractivity contribution in [3.05, 3.63) is 35.2 Å². The largest absolute Gasteiger partial charge is 0.393 e. The number of piperidine rings is 1. The highest BCUT2D eigenvalue weighted by molar-refractivity contribution is 5.93. The fourth-order valence-electron chi connectivity index (χ4n) is 4.72. The summed E-state index contributed by atoms with van der Waals surface area (Å²) in [6.45, 7) is 2.27. The van der Waals surface area contributed by atoms with Crippen LogP contribution < -0.4 is 10.6 Å². The molecule has 3 aromatic rings. The topological polar surface area (TPSA) is 143 Å². The lowest BCUT2D eigenvalue weighted by atomic mass is 9.81. The van der Waals surface area contributed by atoms with Gasteiger partial charge >= 0.3 is 0 Å². The molecule has 0 bridgehead atoms. The van der Waals surface area contributed by atoms with Gasteiger partial charge in [-0.2, -0.15) is 5.10 Å². The number of amides is 1. The van der Waals surface area contributed by atoms with Gasteiger partial charge in [0.25, 0.3) is 11.7 Å². The number of carbonyl (C=O) groups is 1. The van der Waals surface area contributed by atoms with Crippen molar-refractivity contribution in [2.75, 3.05) is 6.54 Å². The van der Waals surface area contributed by atoms with Gasteiger partial charge in [0.15, 0.2) is 5.69 Å². The fourth-order valence-corrected chi connectivity index (χ4v) is 4.72. The maximum Gasteiger partial charge on any atom is 0.276 e. The second kappa shape index (κ2) is 8.95. The zero-order chi connectivity index (χ0) is 23.9. The highest BCUT2D eigenvalue weighted by Crippen LogP contribution is 2.41. The summed E-state index contributed by atoms with van der Waals surface area (Å²) in [6.07, 6.45) is 4.04. The molecule has 3 N–H and O–H groups in total. The van der Waals surface area contributed by atoms with E-state index in [1.54, 1.807) is 19.3 Å². The molecule has 2 fully saturated rings. The number of aryl methyl sites for hydroxylation is 1. The summed E-state index contributed by atoms with van der Waals surface area (Å²) in [7, 11) is 0. The molecule has 1 saturated carbocycles. The van der Waals surface area contributed by atoms with Crippen LogP contribution in [-0.4, -0.2) is 59.5 Å². The molecule has 2 aliphatic rings. The number of halogens is 2. The molecule has 34 heavy (non-hydrogen) atoms. The molecule has 1 saturated heterocycles. The first-order chi connectivity index (χ1) is 16.3. The van der Waals surface area contributed by atoms with Gasteiger partial charge in [-0.05, 0) is 50.2 Å². The van der Waals surface area contributed by atoms with Crippen LogP contribution in [0.1, 0.15) is 78.2 Å². The molecule has 182 valence electrons. The van der Waals surface area contributed by atoms with Crippen LogP contribution in [0, 0.1) is 12.8 Å². The van der Waals surface area contributed by atoms with Crippen LogP contribution in [0.25, 0.3) is 5.78 Å². The van der Waals surface area contributed by atoms with Crippen molar-refractivity contribution in [1.82, 2.24) is 40.5 Å². The maximum atomic E-state index is 13.8. The van der Waals surface area contributed by atoms with Gasteiger partial charge in [0, 0.05) is 12.8 Å². The summed E-state index contributed by atoms with van der Waals surface area (Å²) < 4.78 is 33.8. The van der Waals surface area contributed by atoms with E-state index in [1.165, 1.54) is 4.52 Å². The summed E-state index contributed by atoms with van der Waals surface area (Å²) in [5.41, 5.74) is 1.50. The molecule has 1 aliphatic carbocycles. The molecule has 11 nitrogen and oxygen atoms in total. The van der Waals surface area contributed by atoms with E-state index in [0.29, 0.717) is 42.2 Å². The molecule has 5 rings (SSSR count). The van der Waals surface area contributed by atoms with Crippen LogP contribution >= 0.6 is 0 Å². The van der Waals surface area contributed by atoms with Crippen molar-refractivity contribution >= 4 is 11.7 Å². The summed E-state index contributed by atoms with van der Waals surface area (Å²) in [4.78, 5) is 22.1. The van der Waals surface area contributed by atoms with Crippen molar-refractivity contribution in [2.45, 2.75) is 69.6 Å². The molecule has 1 aliphatic heterocycles. The molecule has 0 spiro atoms. The van der Waals surface area contributed by atoms with Gasteiger partial charge in [0.2, 0.25) is 5.92 Å². The standard InChI is InChI=1S/C21H26F2N8O3/c1-11-17(30-34-29-11)19(33)28-18(12-2-5-21(22,23)6-3-12)16-10-31-20(27-16)26-15(9-25-31)14-8-13(32)4-7-24-14/h9-10,12-14,18,24,32H,2-8H2,1H3,(H,28,33). The normalized spacial score (nSPS) is 24.2. The number of hydrogen-bond donors (Lipinski definition) is 3. The summed E-state index contributed by atoms with van der Waals surface area (Å²) in [5.74, 6) is -3.14. The Labute approximate surface area is 193 Å². The van der Waals surface area contributed by atoms with Gasteiger partial charge < -0.3 is 15.7 Å². The highest BCUT2D eigenvalue weighted by Gasteiger charge is 2.39. The van der Waals surface area contributed by atoms with Crippen LogP contribution in [0.4, 0.5) is 8.78 Å². The summed E-state index contributed by atoms with van der Waals surface area (Å²) in [5, 5.41) is 27.9. The zero-order valence-corrected chi connectivity index (χ0v) is 18.6. The van der Waals surface area contributed by atoms with Crippen molar-refractivity contribution in [3.63, 3.8) is 0 Å². The minimum absolute atomic E-state index is 0.0374. The van der Waals surface area contributed by atoms with Gasteiger partial charge in [-0.1, -0.05) is 5.16 Å². The number of nitrogens with one attached hydrogen (secondary N) is 2. The number of imidazole rings is 1. The monoisotopic (exact) mass is 476 g/mol. The Hall–Kier alpha value is -3.06. The van der Waals surface area contributed by atoms with Gasteiger partial charge in [-0.25, -0.2) is 27.9 Å². The molecule has 0 radical (unpaired) electrons. The van der Waals surface area contributed by atoms with Gasteiger partial charge in [0.1, 0.15) is 5.69 Å². The van der Waals surface area contributed by atoms with Gasteiger partial charge in [0.05, 0.1) is 42.0 Å². The lowest BCUT2D eigenvalue weighted by Crippen LogP contribution is -2.37. The number of aliphatic hydroxyl groups excluding tert-OH is 1. The zero-order valence-electron chi connectivity index (χ0n) is 18.6. The van der Waals surface area contributed by atoms with Crippen molar-refractivity contribution in [2.24, 2.45) is 5.92 Å². The Balaban J connectivity index is 1.44.